The van der Waals surface area contributed by atoms with Gasteiger partial charge in [0.1, 0.15) is 0 Å². The second-order valence-electron chi connectivity index (χ2n) is 7.94. The number of carboxylic acid groups (broad SMARTS) is 2. The average Bonchev–Trinajstić information content (AvgIpc) is 3.36. The number of carbonyl (C=O) groups is 2. The fraction of sp³-hybridized carbons (Fsp3) is 0.571. The molecule has 0 atom stereocenters. The summed E-state index contributed by atoms with van der Waals surface area (Å²) in [7, 11) is 4.13. The van der Waals surface area contributed by atoms with Crippen LogP contribution in [-0.2, 0) is 40.6 Å². The molecule has 0 spiro atoms. The van der Waals surface area contributed by atoms with Gasteiger partial charge in [-0.05, 0) is 32.0 Å². The lowest BCUT2D eigenvalue weighted by molar-refractivity contribution is -0.193. The van der Waals surface area contributed by atoms with Crippen molar-refractivity contribution in [3.8, 4) is 0 Å². The number of fused-ring (bicyclic) bond motifs is 1. The first kappa shape index (κ1) is 32.3. The Morgan fingerprint density at radius 1 is 1.11 bits per heavy atom. The number of aromatic nitrogens is 2. The van der Waals surface area contributed by atoms with Crippen LogP contribution in [0.5, 0.6) is 0 Å². The SMILES string of the molecule is CN(C)CCOCc1ncn2c1CN(Cc1cccs1)CCC2.O=C(O)C(F)(F)F.O=C(O)C(F)(F)F. The Morgan fingerprint density at radius 2 is 1.70 bits per heavy atom. The summed E-state index contributed by atoms with van der Waals surface area (Å²) >= 11 is 1.84. The van der Waals surface area contributed by atoms with Crippen molar-refractivity contribution in [2.24, 2.45) is 0 Å². The highest BCUT2D eigenvalue weighted by molar-refractivity contribution is 7.09. The number of alkyl halides is 6. The topological polar surface area (TPSA) is 108 Å². The summed E-state index contributed by atoms with van der Waals surface area (Å²) in [6.45, 7) is 6.50. The van der Waals surface area contributed by atoms with Crippen LogP contribution in [0.2, 0.25) is 0 Å². The van der Waals surface area contributed by atoms with Gasteiger partial charge in [0.15, 0.2) is 0 Å². The summed E-state index contributed by atoms with van der Waals surface area (Å²) in [4.78, 5) is 28.5. The third kappa shape index (κ3) is 12.9. The van der Waals surface area contributed by atoms with Gasteiger partial charge in [0.05, 0.1) is 30.9 Å². The predicted octanol–water partition coefficient (Wildman–Crippen LogP) is 3.70. The van der Waals surface area contributed by atoms with Crippen molar-refractivity contribution in [1.82, 2.24) is 19.4 Å². The molecule has 37 heavy (non-hydrogen) atoms. The molecule has 16 heteroatoms. The van der Waals surface area contributed by atoms with E-state index in [1.807, 2.05) is 17.7 Å². The number of aryl methyl sites for hydroxylation is 1. The Balaban J connectivity index is 0.000000404. The largest absolute Gasteiger partial charge is 0.490 e. The van der Waals surface area contributed by atoms with Crippen LogP contribution >= 0.6 is 11.3 Å². The van der Waals surface area contributed by atoms with E-state index < -0.39 is 24.3 Å². The van der Waals surface area contributed by atoms with E-state index in [1.165, 1.54) is 17.0 Å². The smallest absolute Gasteiger partial charge is 0.475 e. The number of aliphatic carboxylic acids is 2. The number of hydrogen-bond acceptors (Lipinski definition) is 7. The lowest BCUT2D eigenvalue weighted by atomic mass is 10.3. The zero-order valence-electron chi connectivity index (χ0n) is 20.1. The summed E-state index contributed by atoms with van der Waals surface area (Å²) in [6.07, 6.45) is -7.01. The van der Waals surface area contributed by atoms with Crippen LogP contribution in [0, 0.1) is 0 Å². The van der Waals surface area contributed by atoms with E-state index in [0.717, 1.165) is 45.0 Å². The van der Waals surface area contributed by atoms with Gasteiger partial charge in [-0.15, -0.1) is 11.3 Å². The standard InChI is InChI=1S/C17H26N4OS.2C2HF3O2/c1-19(2)8-9-22-13-16-17-12-20(11-15-5-3-10-23-15)6-4-7-21(17)14-18-16;2*3-2(4,5)1(6)7/h3,5,10,14H,4,6-9,11-13H2,1-2H3;2*(H,6,7). The highest BCUT2D eigenvalue weighted by atomic mass is 32.1. The summed E-state index contributed by atoms with van der Waals surface area (Å²) in [5.41, 5.74) is 2.42. The molecule has 0 saturated heterocycles. The molecule has 0 amide bonds. The monoisotopic (exact) mass is 562 g/mol. The number of thiophene rings is 1. The zero-order valence-corrected chi connectivity index (χ0v) is 20.9. The third-order valence-electron chi connectivity index (χ3n) is 4.65. The lowest BCUT2D eigenvalue weighted by Gasteiger charge is -2.19. The van der Waals surface area contributed by atoms with Crippen molar-refractivity contribution in [3.05, 3.63) is 40.1 Å². The van der Waals surface area contributed by atoms with Crippen LogP contribution in [-0.4, -0.2) is 87.6 Å². The van der Waals surface area contributed by atoms with Crippen molar-refractivity contribution in [2.75, 3.05) is 33.8 Å². The molecule has 2 aromatic rings. The van der Waals surface area contributed by atoms with Crippen LogP contribution in [0.3, 0.4) is 0 Å². The number of rotatable bonds is 7. The first-order chi connectivity index (χ1) is 17.1. The van der Waals surface area contributed by atoms with Crippen molar-refractivity contribution >= 4 is 23.3 Å². The molecule has 0 unspecified atom stereocenters. The van der Waals surface area contributed by atoms with Crippen LogP contribution in [0.4, 0.5) is 26.3 Å². The van der Waals surface area contributed by atoms with Gasteiger partial charge < -0.3 is 24.4 Å². The Kier molecular flexibility index (Phi) is 13.0. The molecule has 0 bridgehead atoms. The van der Waals surface area contributed by atoms with Gasteiger partial charge in [0.2, 0.25) is 0 Å². The van der Waals surface area contributed by atoms with E-state index in [0.29, 0.717) is 6.61 Å². The van der Waals surface area contributed by atoms with E-state index in [2.05, 4.69) is 51.0 Å². The second kappa shape index (κ2) is 14.9. The van der Waals surface area contributed by atoms with Gasteiger partial charge in [-0.3, -0.25) is 4.90 Å². The van der Waals surface area contributed by atoms with E-state index >= 15 is 0 Å². The molecular formula is C21H28F6N4O5S. The maximum absolute atomic E-state index is 10.6. The molecular weight excluding hydrogens is 534 g/mol. The zero-order chi connectivity index (χ0) is 28.2. The average molecular weight is 563 g/mol. The number of ether oxygens (including phenoxy) is 1. The van der Waals surface area contributed by atoms with Crippen LogP contribution < -0.4 is 0 Å². The maximum Gasteiger partial charge on any atom is 0.490 e. The van der Waals surface area contributed by atoms with Gasteiger partial charge >= 0.3 is 24.3 Å². The van der Waals surface area contributed by atoms with Crippen LogP contribution in [0.25, 0.3) is 0 Å². The maximum atomic E-state index is 10.6. The summed E-state index contributed by atoms with van der Waals surface area (Å²) in [5.74, 6) is -5.51. The molecule has 2 aromatic heterocycles. The number of imidazole rings is 1. The molecule has 0 aliphatic carbocycles. The minimum Gasteiger partial charge on any atom is -0.475 e. The van der Waals surface area contributed by atoms with E-state index in [-0.39, 0.29) is 0 Å². The van der Waals surface area contributed by atoms with Crippen molar-refractivity contribution < 1.29 is 50.9 Å². The minimum atomic E-state index is -5.08. The molecule has 0 radical (unpaired) electrons. The van der Waals surface area contributed by atoms with Gasteiger partial charge in [0.25, 0.3) is 0 Å². The normalized spacial score (nSPS) is 14.1. The summed E-state index contributed by atoms with van der Waals surface area (Å²) in [6, 6.07) is 4.35. The first-order valence-corrected chi connectivity index (χ1v) is 11.6. The number of carboxylic acids is 2. The molecule has 1 aliphatic heterocycles. The molecule has 0 fully saturated rings. The van der Waals surface area contributed by atoms with Gasteiger partial charge in [-0.1, -0.05) is 6.07 Å². The Morgan fingerprint density at radius 3 is 2.19 bits per heavy atom. The molecule has 9 nitrogen and oxygen atoms in total. The highest BCUT2D eigenvalue weighted by Gasteiger charge is 2.38. The molecule has 3 heterocycles. The third-order valence-corrected chi connectivity index (χ3v) is 5.51. The van der Waals surface area contributed by atoms with E-state index in [1.54, 1.807) is 0 Å². The highest BCUT2D eigenvalue weighted by Crippen LogP contribution is 2.20. The molecule has 1 aliphatic rings. The van der Waals surface area contributed by atoms with Crippen LogP contribution in [0.15, 0.2) is 23.8 Å². The van der Waals surface area contributed by atoms with Crippen molar-refractivity contribution in [2.45, 2.75) is 45.0 Å². The van der Waals surface area contributed by atoms with Crippen molar-refractivity contribution in [1.29, 1.82) is 0 Å². The van der Waals surface area contributed by atoms with Crippen LogP contribution in [0.1, 0.15) is 22.7 Å². The molecule has 0 aromatic carbocycles. The molecule has 0 saturated carbocycles. The quantitative estimate of drug-likeness (QED) is 0.389. The second-order valence-corrected chi connectivity index (χ2v) is 8.97. The Labute approximate surface area is 212 Å². The fourth-order valence-electron chi connectivity index (χ4n) is 2.87. The van der Waals surface area contributed by atoms with Gasteiger partial charge in [0, 0.05) is 37.6 Å². The number of nitrogens with zero attached hydrogens (tertiary/aromatic N) is 4. The predicted molar refractivity (Wildman–Crippen MR) is 121 cm³/mol. The van der Waals surface area contributed by atoms with E-state index in [4.69, 9.17) is 24.5 Å². The number of hydrogen-bond donors (Lipinski definition) is 2. The molecule has 3 rings (SSSR count). The van der Waals surface area contributed by atoms with Gasteiger partial charge in [-0.2, -0.15) is 26.3 Å². The minimum absolute atomic E-state index is 0.614. The Bertz CT molecular complexity index is 940. The Hall–Kier alpha value is -2.69. The van der Waals surface area contributed by atoms with Gasteiger partial charge in [-0.25, -0.2) is 14.6 Å². The lowest BCUT2D eigenvalue weighted by Crippen LogP contribution is -2.23. The first-order valence-electron chi connectivity index (χ1n) is 10.7. The number of halogens is 6. The molecule has 2 N–H and O–H groups in total. The number of likely N-dealkylation sites (N-methyl/N-ethyl adjacent to an activating group) is 1. The summed E-state index contributed by atoms with van der Waals surface area (Å²) < 4.78 is 71.6. The summed E-state index contributed by atoms with van der Waals surface area (Å²) in [5, 5.41) is 16.4. The molecule has 210 valence electrons. The fourth-order valence-corrected chi connectivity index (χ4v) is 3.62. The van der Waals surface area contributed by atoms with E-state index in [9.17, 15) is 26.3 Å². The van der Waals surface area contributed by atoms with Crippen molar-refractivity contribution in [3.63, 3.8) is 0 Å².